The van der Waals surface area contributed by atoms with Gasteiger partial charge < -0.3 is 10.6 Å². The lowest BCUT2D eigenvalue weighted by Gasteiger charge is -2.09. The molecule has 0 aliphatic rings. The van der Waals surface area contributed by atoms with Crippen molar-refractivity contribution in [2.45, 2.75) is 26.3 Å². The predicted octanol–water partition coefficient (Wildman–Crippen LogP) is 3.75. The third-order valence-corrected chi connectivity index (χ3v) is 3.58. The summed E-state index contributed by atoms with van der Waals surface area (Å²) in [6, 6.07) is 12.2. The number of anilines is 3. The van der Waals surface area contributed by atoms with Crippen molar-refractivity contribution in [2.24, 2.45) is 0 Å². The van der Waals surface area contributed by atoms with Gasteiger partial charge in [0.15, 0.2) is 5.82 Å². The molecule has 0 fully saturated rings. The van der Waals surface area contributed by atoms with Crippen molar-refractivity contribution in [3.05, 3.63) is 66.1 Å². The molecule has 6 nitrogen and oxygen atoms in total. The Morgan fingerprint density at radius 2 is 1.88 bits per heavy atom. The lowest BCUT2D eigenvalue weighted by molar-refractivity contribution is 0.867. The number of aromatic nitrogens is 4. The molecule has 2 aromatic heterocycles. The highest BCUT2D eigenvalue weighted by Crippen LogP contribution is 2.19. The number of benzene rings is 1. The lowest BCUT2D eigenvalue weighted by Crippen LogP contribution is -2.06. The summed E-state index contributed by atoms with van der Waals surface area (Å²) < 4.78 is 0. The molecule has 1 aromatic carbocycles. The lowest BCUT2D eigenvalue weighted by atomic mass is 10.0. The first-order chi connectivity index (χ1) is 11.7. The first-order valence-electron chi connectivity index (χ1n) is 7.90. The highest BCUT2D eigenvalue weighted by molar-refractivity contribution is 5.56. The fraction of sp³-hybridized carbons (Fsp3) is 0.222. The van der Waals surface area contributed by atoms with Crippen molar-refractivity contribution in [1.29, 1.82) is 0 Å². The maximum atomic E-state index is 4.42. The molecule has 3 rings (SSSR count). The molecule has 0 aliphatic carbocycles. The topological polar surface area (TPSA) is 75.6 Å². The number of nitrogens with one attached hydrogen (secondary N) is 2. The van der Waals surface area contributed by atoms with E-state index in [9.17, 15) is 0 Å². The maximum Gasteiger partial charge on any atom is 0.244 e. The molecule has 0 saturated carbocycles. The minimum absolute atomic E-state index is 0.475. The first-order valence-corrected chi connectivity index (χ1v) is 7.90. The summed E-state index contributed by atoms with van der Waals surface area (Å²) in [6.45, 7) is 4.95. The molecule has 0 atom stereocenters. The molecule has 0 spiro atoms. The zero-order valence-electron chi connectivity index (χ0n) is 13.8. The van der Waals surface area contributed by atoms with Gasteiger partial charge in [-0.25, -0.2) is 0 Å². The first kappa shape index (κ1) is 15.9. The molecule has 0 saturated heterocycles. The SMILES string of the molecule is CC(C)c1ccc(Nc2cnnc(NCc3cccnc3)n2)cc1. The van der Waals surface area contributed by atoms with Crippen molar-refractivity contribution in [3.63, 3.8) is 0 Å². The highest BCUT2D eigenvalue weighted by Gasteiger charge is 2.03. The van der Waals surface area contributed by atoms with Crippen molar-refractivity contribution < 1.29 is 0 Å². The third kappa shape index (κ3) is 4.25. The van der Waals surface area contributed by atoms with Gasteiger partial charge in [0.25, 0.3) is 0 Å². The molecular weight excluding hydrogens is 300 g/mol. The summed E-state index contributed by atoms with van der Waals surface area (Å²) in [6.07, 6.45) is 5.15. The number of rotatable bonds is 6. The van der Waals surface area contributed by atoms with E-state index in [-0.39, 0.29) is 0 Å². The van der Waals surface area contributed by atoms with Gasteiger partial charge in [0.05, 0.1) is 6.20 Å². The fourth-order valence-electron chi connectivity index (χ4n) is 2.22. The van der Waals surface area contributed by atoms with Gasteiger partial charge in [-0.2, -0.15) is 10.1 Å². The average molecular weight is 320 g/mol. The van der Waals surface area contributed by atoms with Crippen LogP contribution in [0.5, 0.6) is 0 Å². The second-order valence-corrected chi connectivity index (χ2v) is 5.78. The summed E-state index contributed by atoms with van der Waals surface area (Å²) in [5.41, 5.74) is 3.34. The Morgan fingerprint density at radius 1 is 1.04 bits per heavy atom. The van der Waals surface area contributed by atoms with E-state index in [0.717, 1.165) is 11.3 Å². The molecule has 122 valence electrons. The van der Waals surface area contributed by atoms with Crippen LogP contribution in [0.4, 0.5) is 17.5 Å². The standard InChI is InChI=1S/C18H20N6/c1-13(2)15-5-7-16(8-6-15)22-17-12-21-24-18(23-17)20-11-14-4-3-9-19-10-14/h3-10,12-13H,11H2,1-2H3,(H2,20,22,23,24). The van der Waals surface area contributed by atoms with Gasteiger partial charge in [0.1, 0.15) is 0 Å². The van der Waals surface area contributed by atoms with Crippen LogP contribution in [0.3, 0.4) is 0 Å². The Bertz CT molecular complexity index is 771. The van der Waals surface area contributed by atoms with Gasteiger partial charge in [0, 0.05) is 24.6 Å². The van der Waals surface area contributed by atoms with E-state index >= 15 is 0 Å². The average Bonchev–Trinajstić information content (AvgIpc) is 2.62. The van der Waals surface area contributed by atoms with Crippen LogP contribution >= 0.6 is 0 Å². The molecule has 24 heavy (non-hydrogen) atoms. The van der Waals surface area contributed by atoms with Crippen molar-refractivity contribution in [1.82, 2.24) is 20.2 Å². The van der Waals surface area contributed by atoms with Crippen LogP contribution in [-0.2, 0) is 6.54 Å². The molecule has 3 aromatic rings. The van der Waals surface area contributed by atoms with E-state index in [1.807, 2.05) is 24.3 Å². The Hall–Kier alpha value is -3.02. The number of nitrogens with zero attached hydrogens (tertiary/aromatic N) is 4. The molecule has 2 heterocycles. The van der Waals surface area contributed by atoms with E-state index < -0.39 is 0 Å². The molecule has 2 N–H and O–H groups in total. The minimum Gasteiger partial charge on any atom is -0.349 e. The number of hydrogen-bond donors (Lipinski definition) is 2. The molecule has 0 bridgehead atoms. The van der Waals surface area contributed by atoms with E-state index in [1.165, 1.54) is 5.56 Å². The van der Waals surface area contributed by atoms with Crippen LogP contribution < -0.4 is 10.6 Å². The maximum absolute atomic E-state index is 4.42. The third-order valence-electron chi connectivity index (χ3n) is 3.58. The summed E-state index contributed by atoms with van der Waals surface area (Å²) in [5.74, 6) is 1.64. The smallest absolute Gasteiger partial charge is 0.244 e. The number of pyridine rings is 1. The molecule has 0 radical (unpaired) electrons. The van der Waals surface area contributed by atoms with E-state index in [0.29, 0.717) is 24.2 Å². The number of hydrogen-bond acceptors (Lipinski definition) is 6. The molecule has 0 unspecified atom stereocenters. The molecule has 0 amide bonds. The Morgan fingerprint density at radius 3 is 2.58 bits per heavy atom. The van der Waals surface area contributed by atoms with Crippen LogP contribution in [0.25, 0.3) is 0 Å². The van der Waals surface area contributed by atoms with Crippen LogP contribution in [0.15, 0.2) is 55.0 Å². The predicted molar refractivity (Wildman–Crippen MR) is 95.2 cm³/mol. The van der Waals surface area contributed by atoms with Crippen molar-refractivity contribution in [2.75, 3.05) is 10.6 Å². The molecular formula is C18H20N6. The summed E-state index contributed by atoms with van der Waals surface area (Å²) in [4.78, 5) is 8.51. The zero-order chi connectivity index (χ0) is 16.8. The Kier molecular flexibility index (Phi) is 4.96. The molecule has 0 aliphatic heterocycles. The van der Waals surface area contributed by atoms with Crippen LogP contribution in [0.2, 0.25) is 0 Å². The highest BCUT2D eigenvalue weighted by atomic mass is 15.3. The molecule has 6 heteroatoms. The largest absolute Gasteiger partial charge is 0.349 e. The summed E-state index contributed by atoms with van der Waals surface area (Å²) >= 11 is 0. The van der Waals surface area contributed by atoms with Gasteiger partial charge in [-0.3, -0.25) is 4.98 Å². The van der Waals surface area contributed by atoms with Gasteiger partial charge in [-0.15, -0.1) is 5.10 Å². The Balaban J connectivity index is 1.64. The van der Waals surface area contributed by atoms with Gasteiger partial charge in [0.2, 0.25) is 5.95 Å². The van der Waals surface area contributed by atoms with Crippen LogP contribution in [0.1, 0.15) is 30.9 Å². The van der Waals surface area contributed by atoms with Crippen molar-refractivity contribution >= 4 is 17.5 Å². The van der Waals surface area contributed by atoms with Gasteiger partial charge in [-0.05, 0) is 35.2 Å². The minimum atomic E-state index is 0.475. The second-order valence-electron chi connectivity index (χ2n) is 5.78. The monoisotopic (exact) mass is 320 g/mol. The summed E-state index contributed by atoms with van der Waals surface area (Å²) in [7, 11) is 0. The second kappa shape index (κ2) is 7.50. The zero-order valence-corrected chi connectivity index (χ0v) is 13.8. The van der Waals surface area contributed by atoms with Gasteiger partial charge >= 0.3 is 0 Å². The quantitative estimate of drug-likeness (QED) is 0.720. The summed E-state index contributed by atoms with van der Waals surface area (Å²) in [5, 5.41) is 14.4. The van der Waals surface area contributed by atoms with Gasteiger partial charge in [-0.1, -0.05) is 32.0 Å². The van der Waals surface area contributed by atoms with Crippen LogP contribution in [0, 0.1) is 0 Å². The fourth-order valence-corrected chi connectivity index (χ4v) is 2.22. The van der Waals surface area contributed by atoms with Crippen molar-refractivity contribution in [3.8, 4) is 0 Å². The van der Waals surface area contributed by atoms with Crippen LogP contribution in [-0.4, -0.2) is 20.2 Å². The Labute approximate surface area is 141 Å². The van der Waals surface area contributed by atoms with E-state index in [4.69, 9.17) is 0 Å². The van der Waals surface area contributed by atoms with E-state index in [2.05, 4.69) is 56.8 Å². The van der Waals surface area contributed by atoms with E-state index in [1.54, 1.807) is 18.6 Å². The normalized spacial score (nSPS) is 10.6.